The molecule has 0 aliphatic heterocycles. The van der Waals surface area contributed by atoms with Crippen molar-refractivity contribution in [3.05, 3.63) is 45.8 Å². The molecule has 0 atom stereocenters. The van der Waals surface area contributed by atoms with Gasteiger partial charge in [-0.25, -0.2) is 8.78 Å². The van der Waals surface area contributed by atoms with Crippen molar-refractivity contribution in [3.8, 4) is 5.75 Å². The van der Waals surface area contributed by atoms with Crippen molar-refractivity contribution in [2.24, 2.45) is 5.11 Å². The van der Waals surface area contributed by atoms with E-state index in [1.165, 1.54) is 19.3 Å². The lowest BCUT2D eigenvalue weighted by Crippen LogP contribution is -1.93. The molecule has 6 heteroatoms. The third-order valence-corrected chi connectivity index (χ3v) is 1.79. The first-order valence-electron chi connectivity index (χ1n) is 4.39. The Morgan fingerprint density at radius 2 is 2.06 bits per heavy atom. The van der Waals surface area contributed by atoms with Crippen molar-refractivity contribution in [3.63, 3.8) is 0 Å². The molecular weight excluding hydrogens is 216 g/mol. The highest BCUT2D eigenvalue weighted by molar-refractivity contribution is 5.51. The van der Waals surface area contributed by atoms with Crippen molar-refractivity contribution in [2.75, 3.05) is 13.7 Å². The van der Waals surface area contributed by atoms with Crippen molar-refractivity contribution < 1.29 is 13.5 Å². The lowest BCUT2D eigenvalue weighted by Gasteiger charge is -2.04. The maximum atomic E-state index is 13.2. The van der Waals surface area contributed by atoms with Gasteiger partial charge in [-0.1, -0.05) is 17.3 Å². The van der Waals surface area contributed by atoms with E-state index in [2.05, 4.69) is 14.8 Å². The Labute approximate surface area is 90.8 Å². The molecule has 0 spiro atoms. The fraction of sp³-hybridized carbons (Fsp3) is 0.200. The molecule has 4 nitrogen and oxygen atoms in total. The van der Waals surface area contributed by atoms with E-state index < -0.39 is 17.4 Å². The number of nitrogens with zero attached hydrogens (tertiary/aromatic N) is 3. The topological polar surface area (TPSA) is 58.0 Å². The van der Waals surface area contributed by atoms with Crippen LogP contribution in [0, 0.1) is 11.6 Å². The Kier molecular flexibility index (Phi) is 4.29. The fourth-order valence-electron chi connectivity index (χ4n) is 1.14. The van der Waals surface area contributed by atoms with E-state index in [1.807, 2.05) is 0 Å². The second kappa shape index (κ2) is 5.72. The fourth-order valence-corrected chi connectivity index (χ4v) is 1.14. The average molecular weight is 225 g/mol. The van der Waals surface area contributed by atoms with Crippen molar-refractivity contribution in [1.29, 1.82) is 0 Å². The number of methoxy groups -OCH3 is 1. The molecule has 0 aliphatic rings. The number of benzene rings is 1. The van der Waals surface area contributed by atoms with Crippen molar-refractivity contribution >= 4 is 6.08 Å². The molecule has 0 aromatic heterocycles. The Bertz CT molecular complexity index is 430. The predicted molar refractivity (Wildman–Crippen MR) is 56.0 cm³/mol. The first-order chi connectivity index (χ1) is 7.69. The molecular formula is C10H9F2N3O. The lowest BCUT2D eigenvalue weighted by molar-refractivity contribution is 0.360. The minimum atomic E-state index is -0.772. The van der Waals surface area contributed by atoms with E-state index in [0.717, 1.165) is 12.1 Å². The molecule has 1 aromatic carbocycles. The molecule has 0 saturated heterocycles. The summed E-state index contributed by atoms with van der Waals surface area (Å²) in [5, 5.41) is 3.25. The van der Waals surface area contributed by atoms with Crippen LogP contribution in [-0.2, 0) is 0 Å². The minimum absolute atomic E-state index is 0.131. The highest BCUT2D eigenvalue weighted by Crippen LogP contribution is 2.23. The number of azide groups is 1. The molecule has 1 aromatic rings. The van der Waals surface area contributed by atoms with Crippen molar-refractivity contribution in [2.45, 2.75) is 0 Å². The van der Waals surface area contributed by atoms with E-state index in [-0.39, 0.29) is 6.54 Å². The van der Waals surface area contributed by atoms with Gasteiger partial charge in [-0.2, -0.15) is 0 Å². The summed E-state index contributed by atoms with van der Waals surface area (Å²) >= 11 is 0. The highest BCUT2D eigenvalue weighted by Gasteiger charge is 2.09. The molecule has 0 fully saturated rings. The van der Waals surface area contributed by atoms with Gasteiger partial charge in [-0.05, 0) is 23.2 Å². The molecule has 0 heterocycles. The number of hydrogen-bond donors (Lipinski definition) is 0. The van der Waals surface area contributed by atoms with Crippen LogP contribution in [0.1, 0.15) is 5.56 Å². The summed E-state index contributed by atoms with van der Waals surface area (Å²) in [6.45, 7) is 0.131. The Morgan fingerprint density at radius 1 is 1.44 bits per heavy atom. The van der Waals surface area contributed by atoms with Gasteiger partial charge in [0.1, 0.15) is 0 Å². The second-order valence-corrected chi connectivity index (χ2v) is 2.83. The molecule has 0 unspecified atom stereocenters. The number of halogens is 2. The number of rotatable bonds is 4. The van der Waals surface area contributed by atoms with Crippen LogP contribution in [0.4, 0.5) is 8.78 Å². The smallest absolute Gasteiger partial charge is 0.190 e. The first kappa shape index (κ1) is 12.0. The van der Waals surface area contributed by atoms with Crippen LogP contribution < -0.4 is 4.74 Å². The van der Waals surface area contributed by atoms with Gasteiger partial charge in [-0.3, -0.25) is 0 Å². The molecule has 0 N–H and O–H groups in total. The van der Waals surface area contributed by atoms with Crippen LogP contribution in [0.25, 0.3) is 16.5 Å². The zero-order valence-corrected chi connectivity index (χ0v) is 8.52. The second-order valence-electron chi connectivity index (χ2n) is 2.83. The Hall–Kier alpha value is -2.07. The van der Waals surface area contributed by atoms with Gasteiger partial charge in [-0.15, -0.1) is 0 Å². The predicted octanol–water partition coefficient (Wildman–Crippen LogP) is 3.30. The third-order valence-electron chi connectivity index (χ3n) is 1.79. The van der Waals surface area contributed by atoms with Gasteiger partial charge in [0.05, 0.1) is 7.11 Å². The van der Waals surface area contributed by atoms with E-state index in [4.69, 9.17) is 5.53 Å². The maximum absolute atomic E-state index is 13.2. The molecule has 16 heavy (non-hydrogen) atoms. The zero-order chi connectivity index (χ0) is 12.0. The average Bonchev–Trinajstić information content (AvgIpc) is 2.24. The van der Waals surface area contributed by atoms with E-state index in [1.54, 1.807) is 0 Å². The molecule has 0 saturated carbocycles. The van der Waals surface area contributed by atoms with Gasteiger partial charge < -0.3 is 4.74 Å². The van der Waals surface area contributed by atoms with Gasteiger partial charge in [0.2, 0.25) is 0 Å². The summed E-state index contributed by atoms with van der Waals surface area (Å²) in [5.41, 5.74) is 8.34. The quantitative estimate of drug-likeness (QED) is 0.440. The summed E-state index contributed by atoms with van der Waals surface area (Å²) < 4.78 is 30.9. The van der Waals surface area contributed by atoms with Crippen LogP contribution in [0.15, 0.2) is 23.3 Å². The SMILES string of the molecule is COc1c(F)cc(C=CCN=[N+]=[N-])cc1F. The van der Waals surface area contributed by atoms with Gasteiger partial charge in [0.25, 0.3) is 0 Å². The standard InChI is InChI=1S/C10H9F2N3O/c1-16-10-8(11)5-7(6-9(10)12)3-2-4-14-15-13/h2-3,5-6H,4H2,1H3. The zero-order valence-electron chi connectivity index (χ0n) is 8.52. The molecule has 0 bridgehead atoms. The number of ether oxygens (including phenoxy) is 1. The van der Waals surface area contributed by atoms with Gasteiger partial charge in [0.15, 0.2) is 17.4 Å². The van der Waals surface area contributed by atoms with E-state index in [0.29, 0.717) is 5.56 Å². The lowest BCUT2D eigenvalue weighted by atomic mass is 10.2. The number of hydrogen-bond acceptors (Lipinski definition) is 2. The summed E-state index contributed by atoms with van der Waals surface area (Å²) in [6.07, 6.45) is 2.96. The maximum Gasteiger partial charge on any atom is 0.190 e. The van der Waals surface area contributed by atoms with Gasteiger partial charge in [0, 0.05) is 11.5 Å². The summed E-state index contributed by atoms with van der Waals surface area (Å²) in [7, 11) is 1.19. The largest absolute Gasteiger partial charge is 0.491 e. The van der Waals surface area contributed by atoms with Crippen LogP contribution in [-0.4, -0.2) is 13.7 Å². The van der Waals surface area contributed by atoms with Crippen LogP contribution in [0.2, 0.25) is 0 Å². The highest BCUT2D eigenvalue weighted by atomic mass is 19.1. The Balaban J connectivity index is 2.91. The van der Waals surface area contributed by atoms with Crippen molar-refractivity contribution in [1.82, 2.24) is 0 Å². The normalized spacial score (nSPS) is 10.2. The molecule has 84 valence electrons. The Morgan fingerprint density at radius 3 is 2.56 bits per heavy atom. The molecule has 0 amide bonds. The third kappa shape index (κ3) is 2.96. The monoisotopic (exact) mass is 225 g/mol. The summed E-state index contributed by atoms with van der Waals surface area (Å²) in [4.78, 5) is 2.53. The summed E-state index contributed by atoms with van der Waals surface area (Å²) in [6, 6.07) is 2.27. The van der Waals surface area contributed by atoms with Crippen LogP contribution in [0.5, 0.6) is 5.75 Å². The molecule has 1 rings (SSSR count). The van der Waals surface area contributed by atoms with Crippen LogP contribution in [0.3, 0.4) is 0 Å². The molecule has 0 aliphatic carbocycles. The minimum Gasteiger partial charge on any atom is -0.491 e. The molecule has 0 radical (unpaired) electrons. The van der Waals surface area contributed by atoms with E-state index in [9.17, 15) is 8.78 Å². The van der Waals surface area contributed by atoms with Crippen LogP contribution >= 0.6 is 0 Å². The van der Waals surface area contributed by atoms with E-state index >= 15 is 0 Å². The van der Waals surface area contributed by atoms with Gasteiger partial charge >= 0.3 is 0 Å². The summed E-state index contributed by atoms with van der Waals surface area (Å²) in [5.74, 6) is -1.95. The first-order valence-corrected chi connectivity index (χ1v) is 4.39.